The summed E-state index contributed by atoms with van der Waals surface area (Å²) in [5, 5.41) is 12.4. The van der Waals surface area contributed by atoms with Crippen molar-refractivity contribution in [1.29, 1.82) is 0 Å². The van der Waals surface area contributed by atoms with E-state index in [1.54, 1.807) is 7.11 Å². The van der Waals surface area contributed by atoms with Gasteiger partial charge in [0.15, 0.2) is 0 Å². The first-order valence-corrected chi connectivity index (χ1v) is 7.86. The quantitative estimate of drug-likeness (QED) is 0.474. The van der Waals surface area contributed by atoms with Gasteiger partial charge in [-0.05, 0) is 23.7 Å². The highest BCUT2D eigenvalue weighted by Crippen LogP contribution is 2.36. The Morgan fingerprint density at radius 2 is 1.91 bits per heavy atom. The van der Waals surface area contributed by atoms with Gasteiger partial charge in [-0.3, -0.25) is 4.79 Å². The summed E-state index contributed by atoms with van der Waals surface area (Å²) in [5.74, 6) is 4.97. The lowest BCUT2D eigenvalue weighted by atomic mass is 9.72. The van der Waals surface area contributed by atoms with Crippen molar-refractivity contribution in [2.24, 2.45) is 22.6 Å². The molecule has 1 amide bonds. The molecule has 132 valence electrons. The third-order valence-corrected chi connectivity index (χ3v) is 4.35. The molecule has 0 radical (unpaired) electrons. The number of aliphatic hydroxyl groups excluding tert-OH is 1. The number of methoxy groups -OCH3 is 1. The second kappa shape index (κ2) is 10.2. The monoisotopic (exact) mass is 318 g/mol. The highest BCUT2D eigenvalue weighted by Gasteiger charge is 2.31. The summed E-state index contributed by atoms with van der Waals surface area (Å²) >= 11 is 0. The second-order valence-electron chi connectivity index (χ2n) is 7.39. The van der Waals surface area contributed by atoms with Crippen LogP contribution in [0.4, 0.5) is 0 Å². The lowest BCUT2D eigenvalue weighted by Crippen LogP contribution is -2.37. The largest absolute Gasteiger partial charge is 0.396 e. The lowest BCUT2D eigenvalue weighted by molar-refractivity contribution is -0.122. The van der Waals surface area contributed by atoms with E-state index < -0.39 is 0 Å². The molecule has 0 fully saturated rings. The molecule has 0 aliphatic carbocycles. The van der Waals surface area contributed by atoms with E-state index in [2.05, 4.69) is 37.8 Å². The molecule has 22 heavy (non-hydrogen) atoms. The van der Waals surface area contributed by atoms with Crippen LogP contribution in [0.25, 0.3) is 0 Å². The fourth-order valence-electron chi connectivity index (χ4n) is 2.26. The number of aliphatic hydroxyl groups is 1. The van der Waals surface area contributed by atoms with Crippen molar-refractivity contribution in [1.82, 2.24) is 5.32 Å². The fourth-order valence-corrected chi connectivity index (χ4v) is 2.26. The molecular formula is C16H34N2O4. The molecular weight excluding hydrogens is 284 g/mol. The van der Waals surface area contributed by atoms with E-state index >= 15 is 0 Å². The average Bonchev–Trinajstić information content (AvgIpc) is 2.46. The van der Waals surface area contributed by atoms with Crippen molar-refractivity contribution < 1.29 is 19.5 Å². The van der Waals surface area contributed by atoms with Crippen molar-refractivity contribution in [2.75, 3.05) is 33.5 Å². The minimum absolute atomic E-state index is 0.0103. The summed E-state index contributed by atoms with van der Waals surface area (Å²) in [6.07, 6.45) is 2.18. The van der Waals surface area contributed by atoms with Crippen LogP contribution in [0.15, 0.2) is 0 Å². The standard InChI is InChI=1S/C16H34N2O4/c1-15(2,12-18-14(20)6-9-22-17)7-8-16(3,4)13(10-19)11-21-5/h13,19H,6-12,17H2,1-5H3,(H,18,20). The Labute approximate surface area is 134 Å². The molecule has 0 aliphatic rings. The van der Waals surface area contributed by atoms with E-state index in [4.69, 9.17) is 10.6 Å². The number of carbonyl (C=O) groups is 1. The van der Waals surface area contributed by atoms with E-state index in [0.29, 0.717) is 13.2 Å². The third kappa shape index (κ3) is 8.68. The Morgan fingerprint density at radius 3 is 2.41 bits per heavy atom. The maximum Gasteiger partial charge on any atom is 0.222 e. The number of hydrogen-bond acceptors (Lipinski definition) is 5. The number of carbonyl (C=O) groups excluding carboxylic acids is 1. The van der Waals surface area contributed by atoms with E-state index in [0.717, 1.165) is 12.8 Å². The highest BCUT2D eigenvalue weighted by atomic mass is 16.6. The minimum Gasteiger partial charge on any atom is -0.396 e. The first kappa shape index (κ1) is 21.3. The minimum atomic E-state index is -0.0506. The summed E-state index contributed by atoms with van der Waals surface area (Å²) < 4.78 is 5.19. The second-order valence-corrected chi connectivity index (χ2v) is 7.39. The Kier molecular flexibility index (Phi) is 9.84. The van der Waals surface area contributed by atoms with Gasteiger partial charge in [-0.25, -0.2) is 5.90 Å². The summed E-state index contributed by atoms with van der Waals surface area (Å²) in [5.41, 5.74) is -0.0248. The van der Waals surface area contributed by atoms with E-state index in [1.165, 1.54) is 0 Å². The van der Waals surface area contributed by atoms with Crippen LogP contribution in [-0.4, -0.2) is 44.5 Å². The maximum absolute atomic E-state index is 11.6. The van der Waals surface area contributed by atoms with E-state index in [9.17, 15) is 9.90 Å². The molecule has 0 aliphatic heterocycles. The number of nitrogens with two attached hydrogens (primary N) is 1. The van der Waals surface area contributed by atoms with Crippen LogP contribution in [-0.2, 0) is 14.4 Å². The van der Waals surface area contributed by atoms with Gasteiger partial charge in [-0.1, -0.05) is 27.7 Å². The maximum atomic E-state index is 11.6. The summed E-state index contributed by atoms with van der Waals surface area (Å²) in [4.78, 5) is 16.0. The molecule has 1 atom stereocenters. The van der Waals surface area contributed by atoms with Crippen molar-refractivity contribution in [3.8, 4) is 0 Å². The average molecular weight is 318 g/mol. The van der Waals surface area contributed by atoms with Crippen LogP contribution >= 0.6 is 0 Å². The zero-order valence-corrected chi connectivity index (χ0v) is 14.8. The third-order valence-electron chi connectivity index (χ3n) is 4.35. The van der Waals surface area contributed by atoms with Crippen molar-refractivity contribution in [3.63, 3.8) is 0 Å². The van der Waals surface area contributed by atoms with Gasteiger partial charge in [0.2, 0.25) is 5.91 Å². The summed E-state index contributed by atoms with van der Waals surface area (Å²) in [6.45, 7) is 10.1. The van der Waals surface area contributed by atoms with Crippen molar-refractivity contribution in [3.05, 3.63) is 0 Å². The molecule has 0 saturated carbocycles. The van der Waals surface area contributed by atoms with Gasteiger partial charge in [0.25, 0.3) is 0 Å². The molecule has 6 heteroatoms. The number of nitrogens with one attached hydrogen (secondary N) is 1. The predicted octanol–water partition coefficient (Wildman–Crippen LogP) is 1.47. The van der Waals surface area contributed by atoms with E-state index in [-0.39, 0.29) is 42.3 Å². The molecule has 0 aromatic rings. The summed E-state index contributed by atoms with van der Waals surface area (Å²) in [7, 11) is 1.66. The van der Waals surface area contributed by atoms with Gasteiger partial charge in [0.1, 0.15) is 0 Å². The van der Waals surface area contributed by atoms with Crippen LogP contribution in [0.3, 0.4) is 0 Å². The van der Waals surface area contributed by atoms with Gasteiger partial charge in [-0.2, -0.15) is 0 Å². The van der Waals surface area contributed by atoms with Gasteiger partial charge < -0.3 is 20.0 Å². The Balaban J connectivity index is 4.31. The number of hydrogen-bond donors (Lipinski definition) is 3. The molecule has 0 aromatic heterocycles. The zero-order chi connectivity index (χ0) is 17.2. The lowest BCUT2D eigenvalue weighted by Gasteiger charge is -2.36. The molecule has 1 unspecified atom stereocenters. The predicted molar refractivity (Wildman–Crippen MR) is 87.0 cm³/mol. The molecule has 0 saturated heterocycles. The first-order chi connectivity index (χ1) is 10.2. The molecule has 0 aromatic carbocycles. The van der Waals surface area contributed by atoms with Gasteiger partial charge in [-0.15, -0.1) is 0 Å². The zero-order valence-electron chi connectivity index (χ0n) is 14.8. The van der Waals surface area contributed by atoms with Gasteiger partial charge in [0, 0.05) is 26.2 Å². The Morgan fingerprint density at radius 1 is 1.27 bits per heavy atom. The smallest absolute Gasteiger partial charge is 0.222 e. The van der Waals surface area contributed by atoms with Crippen LogP contribution in [0, 0.1) is 16.7 Å². The van der Waals surface area contributed by atoms with Crippen LogP contribution in [0.2, 0.25) is 0 Å². The van der Waals surface area contributed by atoms with Gasteiger partial charge in [0.05, 0.1) is 19.6 Å². The summed E-state index contributed by atoms with van der Waals surface area (Å²) in [6, 6.07) is 0. The van der Waals surface area contributed by atoms with Crippen LogP contribution in [0.1, 0.15) is 47.0 Å². The number of rotatable bonds is 12. The van der Waals surface area contributed by atoms with Crippen molar-refractivity contribution >= 4 is 5.91 Å². The Bertz CT molecular complexity index is 319. The Hall–Kier alpha value is -0.690. The van der Waals surface area contributed by atoms with Crippen LogP contribution < -0.4 is 11.2 Å². The highest BCUT2D eigenvalue weighted by molar-refractivity contribution is 5.75. The molecule has 0 rings (SSSR count). The fraction of sp³-hybridized carbons (Fsp3) is 0.938. The SMILES string of the molecule is COCC(CO)C(C)(C)CCC(C)(C)CNC(=O)CCON. The molecule has 4 N–H and O–H groups in total. The molecule has 0 heterocycles. The number of amides is 1. The first-order valence-electron chi connectivity index (χ1n) is 7.86. The van der Waals surface area contributed by atoms with E-state index in [1.807, 2.05) is 0 Å². The van der Waals surface area contributed by atoms with Crippen molar-refractivity contribution in [2.45, 2.75) is 47.0 Å². The van der Waals surface area contributed by atoms with Crippen LogP contribution in [0.5, 0.6) is 0 Å². The normalized spacial score (nSPS) is 14.0. The topological polar surface area (TPSA) is 93.8 Å². The molecule has 6 nitrogen and oxygen atoms in total. The molecule has 0 spiro atoms. The number of ether oxygens (including phenoxy) is 1. The molecule has 0 bridgehead atoms. The van der Waals surface area contributed by atoms with Gasteiger partial charge >= 0.3 is 0 Å².